The second-order valence-corrected chi connectivity index (χ2v) is 10.3. The van der Waals surface area contributed by atoms with Gasteiger partial charge in [0, 0.05) is 44.0 Å². The van der Waals surface area contributed by atoms with E-state index < -0.39 is 10.0 Å². The van der Waals surface area contributed by atoms with Crippen LogP contribution in [0.1, 0.15) is 44.6 Å². The van der Waals surface area contributed by atoms with Gasteiger partial charge in [-0.1, -0.05) is 26.0 Å². The molecule has 2 aliphatic heterocycles. The highest BCUT2D eigenvalue weighted by Crippen LogP contribution is 2.41. The van der Waals surface area contributed by atoms with Gasteiger partial charge in [0.2, 0.25) is 16.0 Å². The maximum absolute atomic E-state index is 13.2. The molecular weight excluding hydrogens is 372 g/mol. The molecule has 0 N–H and O–H groups in total. The Morgan fingerprint density at radius 3 is 2.39 bits per heavy atom. The minimum Gasteiger partial charge on any atom is -0.340 e. The smallest absolute Gasteiger partial charge is 0.243 e. The SMILES string of the molecule is CC(C)c1ccc(S(=O)(=O)N2CC[C@]3(CCCN(c4ncccn4)C3)C2)cc1. The molecule has 4 rings (SSSR count). The minimum atomic E-state index is -3.46. The lowest BCUT2D eigenvalue weighted by molar-refractivity contribution is 0.246. The third-order valence-electron chi connectivity index (χ3n) is 6.08. The van der Waals surface area contributed by atoms with Crippen molar-refractivity contribution in [3.63, 3.8) is 0 Å². The van der Waals surface area contributed by atoms with Gasteiger partial charge in [0.1, 0.15) is 0 Å². The van der Waals surface area contributed by atoms with E-state index in [2.05, 4.69) is 28.7 Å². The number of hydrogen-bond acceptors (Lipinski definition) is 5. The Bertz CT molecular complexity index is 915. The van der Waals surface area contributed by atoms with Gasteiger partial charge in [0.05, 0.1) is 4.90 Å². The zero-order chi connectivity index (χ0) is 19.8. The van der Waals surface area contributed by atoms with Gasteiger partial charge in [0.25, 0.3) is 0 Å². The molecule has 28 heavy (non-hydrogen) atoms. The molecule has 2 aliphatic rings. The zero-order valence-electron chi connectivity index (χ0n) is 16.6. The molecule has 1 atom stereocenters. The first-order valence-electron chi connectivity index (χ1n) is 10.0. The van der Waals surface area contributed by atoms with Gasteiger partial charge in [-0.3, -0.25) is 0 Å². The van der Waals surface area contributed by atoms with E-state index in [9.17, 15) is 8.42 Å². The van der Waals surface area contributed by atoms with Crippen molar-refractivity contribution in [2.75, 3.05) is 31.1 Å². The van der Waals surface area contributed by atoms with Gasteiger partial charge >= 0.3 is 0 Å². The molecule has 3 heterocycles. The van der Waals surface area contributed by atoms with Crippen molar-refractivity contribution in [1.29, 1.82) is 0 Å². The standard InChI is InChI=1S/C21H28N4O2S/c1-17(2)18-5-7-19(8-6-18)28(26,27)25-14-10-21(16-25)9-3-13-24(15-21)20-22-11-4-12-23-20/h4-8,11-12,17H,3,9-10,13-16H2,1-2H3/t21-/m0/s1. The van der Waals surface area contributed by atoms with Crippen molar-refractivity contribution in [2.45, 2.75) is 43.9 Å². The summed E-state index contributed by atoms with van der Waals surface area (Å²) in [7, 11) is -3.46. The summed E-state index contributed by atoms with van der Waals surface area (Å²) in [5, 5.41) is 0. The highest BCUT2D eigenvalue weighted by Gasteiger charge is 2.45. The molecule has 0 amide bonds. The van der Waals surface area contributed by atoms with Crippen LogP contribution in [0, 0.1) is 5.41 Å². The van der Waals surface area contributed by atoms with Crippen LogP contribution < -0.4 is 4.90 Å². The number of hydrogen-bond donors (Lipinski definition) is 0. The summed E-state index contributed by atoms with van der Waals surface area (Å²) in [5.74, 6) is 1.13. The molecule has 2 saturated heterocycles. The van der Waals surface area contributed by atoms with Crippen LogP contribution in [0.4, 0.5) is 5.95 Å². The van der Waals surface area contributed by atoms with Crippen LogP contribution in [0.5, 0.6) is 0 Å². The molecule has 0 saturated carbocycles. The normalized spacial score (nSPS) is 23.6. The molecule has 0 aliphatic carbocycles. The molecule has 1 spiro atoms. The van der Waals surface area contributed by atoms with Crippen molar-refractivity contribution in [1.82, 2.24) is 14.3 Å². The Kier molecular flexibility index (Phi) is 5.14. The molecule has 6 nitrogen and oxygen atoms in total. The first-order valence-corrected chi connectivity index (χ1v) is 11.5. The van der Waals surface area contributed by atoms with Gasteiger partial charge in [-0.15, -0.1) is 0 Å². The predicted molar refractivity (Wildman–Crippen MR) is 110 cm³/mol. The maximum Gasteiger partial charge on any atom is 0.243 e. The Labute approximate surface area is 167 Å². The number of rotatable bonds is 4. The van der Waals surface area contributed by atoms with E-state index in [1.807, 2.05) is 18.2 Å². The second kappa shape index (κ2) is 7.44. The third-order valence-corrected chi connectivity index (χ3v) is 7.94. The zero-order valence-corrected chi connectivity index (χ0v) is 17.4. The van der Waals surface area contributed by atoms with Crippen molar-refractivity contribution in [3.05, 3.63) is 48.3 Å². The maximum atomic E-state index is 13.2. The van der Waals surface area contributed by atoms with Crippen LogP contribution in [0.3, 0.4) is 0 Å². The fraction of sp³-hybridized carbons (Fsp3) is 0.524. The summed E-state index contributed by atoms with van der Waals surface area (Å²) in [5.41, 5.74) is 1.14. The fourth-order valence-electron chi connectivity index (χ4n) is 4.44. The first-order chi connectivity index (χ1) is 13.4. The largest absolute Gasteiger partial charge is 0.340 e. The fourth-order valence-corrected chi connectivity index (χ4v) is 5.99. The number of aromatic nitrogens is 2. The summed E-state index contributed by atoms with van der Waals surface area (Å²) < 4.78 is 28.0. The van der Waals surface area contributed by atoms with Gasteiger partial charge in [-0.05, 0) is 48.9 Å². The summed E-state index contributed by atoms with van der Waals surface area (Å²) in [6.07, 6.45) is 6.50. The van der Waals surface area contributed by atoms with Crippen LogP contribution in [-0.4, -0.2) is 48.9 Å². The van der Waals surface area contributed by atoms with Crippen LogP contribution in [-0.2, 0) is 10.0 Å². The lowest BCUT2D eigenvalue weighted by Gasteiger charge is -2.40. The summed E-state index contributed by atoms with van der Waals surface area (Å²) >= 11 is 0. The monoisotopic (exact) mass is 400 g/mol. The van der Waals surface area contributed by atoms with Gasteiger partial charge < -0.3 is 4.90 Å². The lowest BCUT2D eigenvalue weighted by Crippen LogP contribution is -2.46. The average Bonchev–Trinajstić information content (AvgIpc) is 3.12. The molecule has 0 unspecified atom stereocenters. The molecule has 2 aromatic rings. The quantitative estimate of drug-likeness (QED) is 0.788. The van der Waals surface area contributed by atoms with E-state index in [1.165, 1.54) is 0 Å². The molecule has 1 aromatic heterocycles. The van der Waals surface area contributed by atoms with Crippen molar-refractivity contribution >= 4 is 16.0 Å². The number of benzene rings is 1. The molecule has 2 fully saturated rings. The summed E-state index contributed by atoms with van der Waals surface area (Å²) in [6, 6.07) is 9.18. The number of sulfonamides is 1. The second-order valence-electron chi connectivity index (χ2n) is 8.39. The summed E-state index contributed by atoms with van der Waals surface area (Å²) in [6.45, 7) is 7.12. The Balaban J connectivity index is 1.51. The van der Waals surface area contributed by atoms with Crippen LogP contribution in [0.2, 0.25) is 0 Å². The van der Waals surface area contributed by atoms with Gasteiger partial charge in [0.15, 0.2) is 0 Å². The molecule has 7 heteroatoms. The van der Waals surface area contributed by atoms with Crippen LogP contribution in [0.15, 0.2) is 47.6 Å². The van der Waals surface area contributed by atoms with Crippen molar-refractivity contribution in [3.8, 4) is 0 Å². The lowest BCUT2D eigenvalue weighted by atomic mass is 9.79. The van der Waals surface area contributed by atoms with Crippen molar-refractivity contribution < 1.29 is 8.42 Å². The first kappa shape index (κ1) is 19.3. The Hall–Kier alpha value is -1.99. The Morgan fingerprint density at radius 2 is 1.71 bits per heavy atom. The third kappa shape index (κ3) is 3.65. The van der Waals surface area contributed by atoms with Gasteiger partial charge in [-0.2, -0.15) is 4.31 Å². The molecular formula is C21H28N4O2S. The summed E-state index contributed by atoms with van der Waals surface area (Å²) in [4.78, 5) is 11.4. The van der Waals surface area contributed by atoms with Crippen molar-refractivity contribution in [2.24, 2.45) is 5.41 Å². The number of anilines is 1. The van der Waals surface area contributed by atoms with Gasteiger partial charge in [-0.25, -0.2) is 18.4 Å². The van der Waals surface area contributed by atoms with E-state index in [0.717, 1.165) is 43.9 Å². The van der Waals surface area contributed by atoms with Crippen LogP contribution >= 0.6 is 0 Å². The topological polar surface area (TPSA) is 66.4 Å². The van der Waals surface area contributed by atoms with E-state index in [-0.39, 0.29) is 5.41 Å². The molecule has 0 bridgehead atoms. The number of piperidine rings is 1. The highest BCUT2D eigenvalue weighted by molar-refractivity contribution is 7.89. The minimum absolute atomic E-state index is 0.0115. The molecule has 1 aromatic carbocycles. The number of nitrogens with zero attached hydrogens (tertiary/aromatic N) is 4. The Morgan fingerprint density at radius 1 is 1.00 bits per heavy atom. The van der Waals surface area contributed by atoms with E-state index >= 15 is 0 Å². The predicted octanol–water partition coefficient (Wildman–Crippen LogP) is 3.28. The average molecular weight is 401 g/mol. The highest BCUT2D eigenvalue weighted by atomic mass is 32.2. The van der Waals surface area contributed by atoms with E-state index in [0.29, 0.717) is 23.9 Å². The molecule has 150 valence electrons. The molecule has 0 radical (unpaired) electrons. The van der Waals surface area contributed by atoms with Crippen LogP contribution in [0.25, 0.3) is 0 Å². The van der Waals surface area contributed by atoms with E-state index in [4.69, 9.17) is 0 Å². The van der Waals surface area contributed by atoms with E-state index in [1.54, 1.807) is 28.8 Å².